The summed E-state index contributed by atoms with van der Waals surface area (Å²) in [6, 6.07) is 16.5. The molecule has 1 fully saturated rings. The molecular formula is C29H35N7O2. The van der Waals surface area contributed by atoms with E-state index < -0.39 is 5.91 Å². The van der Waals surface area contributed by atoms with Crippen molar-refractivity contribution in [1.29, 1.82) is 0 Å². The molecule has 2 heterocycles. The molecule has 4 aromatic rings. The quantitative estimate of drug-likeness (QED) is 0.244. The van der Waals surface area contributed by atoms with Crippen LogP contribution in [0.2, 0.25) is 0 Å². The molecule has 0 spiro atoms. The molecule has 1 aliphatic rings. The highest BCUT2D eigenvalue weighted by molar-refractivity contribution is 6.00. The van der Waals surface area contributed by atoms with Crippen molar-refractivity contribution < 1.29 is 9.53 Å². The number of nitrogens with two attached hydrogens (primary N) is 2. The maximum atomic E-state index is 12.2. The summed E-state index contributed by atoms with van der Waals surface area (Å²) in [7, 11) is 1.68. The van der Waals surface area contributed by atoms with Gasteiger partial charge in [-0.2, -0.15) is 4.98 Å². The number of nitrogens with zero attached hydrogens (tertiary/aromatic N) is 3. The van der Waals surface area contributed by atoms with Crippen molar-refractivity contribution in [3.05, 3.63) is 72.1 Å². The number of carbonyl (C=O) groups excluding carboxylic acids is 1. The molecule has 1 aliphatic carbocycles. The van der Waals surface area contributed by atoms with Crippen molar-refractivity contribution in [1.82, 2.24) is 14.5 Å². The third-order valence-electron chi connectivity index (χ3n) is 7.28. The van der Waals surface area contributed by atoms with Gasteiger partial charge in [0, 0.05) is 42.1 Å². The van der Waals surface area contributed by atoms with E-state index in [-0.39, 0.29) is 17.6 Å². The minimum absolute atomic E-state index is 0.0535. The van der Waals surface area contributed by atoms with E-state index in [1.165, 1.54) is 11.8 Å². The van der Waals surface area contributed by atoms with E-state index in [9.17, 15) is 4.79 Å². The van der Waals surface area contributed by atoms with E-state index in [2.05, 4.69) is 55.6 Å². The Morgan fingerprint density at radius 1 is 1.13 bits per heavy atom. The molecule has 1 saturated carbocycles. The lowest BCUT2D eigenvalue weighted by atomic mass is 9.91. The Labute approximate surface area is 222 Å². The zero-order valence-electron chi connectivity index (χ0n) is 21.7. The molecule has 5 rings (SSSR count). The molecule has 1 amide bonds. The summed E-state index contributed by atoms with van der Waals surface area (Å²) in [5, 5.41) is 7.74. The molecule has 6 N–H and O–H groups in total. The van der Waals surface area contributed by atoms with Crippen LogP contribution in [-0.4, -0.2) is 39.6 Å². The van der Waals surface area contributed by atoms with Gasteiger partial charge in [0.1, 0.15) is 17.1 Å². The van der Waals surface area contributed by atoms with Gasteiger partial charge in [-0.05, 0) is 61.6 Å². The summed E-state index contributed by atoms with van der Waals surface area (Å²) in [5.74, 6) is 1.09. The highest BCUT2D eigenvalue weighted by Gasteiger charge is 2.23. The Hall–Kier alpha value is -4.11. The largest absolute Gasteiger partial charge is 0.497 e. The topological polar surface area (TPSA) is 133 Å². The number of methoxy groups -OCH3 is 1. The second-order valence-corrected chi connectivity index (χ2v) is 9.84. The van der Waals surface area contributed by atoms with Crippen molar-refractivity contribution in [3.63, 3.8) is 0 Å². The molecule has 9 heteroatoms. The van der Waals surface area contributed by atoms with Crippen LogP contribution in [0.15, 0.2) is 60.9 Å². The number of ether oxygens (including phenoxy) is 1. The first-order chi connectivity index (χ1) is 18.5. The van der Waals surface area contributed by atoms with Crippen molar-refractivity contribution in [2.24, 2.45) is 11.5 Å². The van der Waals surface area contributed by atoms with Crippen LogP contribution in [0.3, 0.4) is 0 Å². The molecule has 2 atom stereocenters. The van der Waals surface area contributed by atoms with E-state index >= 15 is 0 Å². The Morgan fingerprint density at radius 3 is 2.71 bits per heavy atom. The zero-order chi connectivity index (χ0) is 26.5. The monoisotopic (exact) mass is 513 g/mol. The van der Waals surface area contributed by atoms with Crippen LogP contribution < -0.4 is 26.8 Å². The summed E-state index contributed by atoms with van der Waals surface area (Å²) in [6.07, 6.45) is 9.74. The Morgan fingerprint density at radius 2 is 1.95 bits per heavy atom. The highest BCUT2D eigenvalue weighted by atomic mass is 16.5. The number of nitrogens with one attached hydrogen (secondary N) is 2. The number of aromatic nitrogens is 3. The first kappa shape index (κ1) is 25.5. The second-order valence-electron chi connectivity index (χ2n) is 9.84. The standard InChI is InChI=1S/C29H35N7O2/c1-38-20-13-11-19(12-14-20)6-5-16-36-17-15-21-24(9-4-10-26(21)36)33-28-22(27(31)37)18-32-29(35-28)34-25-8-3-2-7-23(25)30/h4,9-15,17-18,23,25H,2-3,5-8,16,30H2,1H3,(H2,31,37)(H2,32,33,34,35)/t23-,25?/m0/s1. The van der Waals surface area contributed by atoms with Crippen LogP contribution >= 0.6 is 0 Å². The molecule has 2 aromatic heterocycles. The Bertz CT molecular complexity index is 1400. The van der Waals surface area contributed by atoms with E-state index in [0.717, 1.165) is 67.4 Å². The molecule has 9 nitrogen and oxygen atoms in total. The molecule has 1 unspecified atom stereocenters. The average molecular weight is 514 g/mol. The fraction of sp³-hybridized carbons (Fsp3) is 0.345. The Balaban J connectivity index is 1.33. The van der Waals surface area contributed by atoms with E-state index in [0.29, 0.717) is 11.8 Å². The maximum absolute atomic E-state index is 12.2. The summed E-state index contributed by atoms with van der Waals surface area (Å²) < 4.78 is 7.49. The number of hydrogen-bond acceptors (Lipinski definition) is 7. The fourth-order valence-corrected chi connectivity index (χ4v) is 5.13. The summed E-state index contributed by atoms with van der Waals surface area (Å²) in [6.45, 7) is 0.884. The number of fused-ring (bicyclic) bond motifs is 1. The molecule has 0 aliphatic heterocycles. The third kappa shape index (κ3) is 5.73. The molecule has 2 aromatic carbocycles. The zero-order valence-corrected chi connectivity index (χ0v) is 21.7. The highest BCUT2D eigenvalue weighted by Crippen LogP contribution is 2.29. The first-order valence-electron chi connectivity index (χ1n) is 13.2. The lowest BCUT2D eigenvalue weighted by Gasteiger charge is -2.29. The lowest BCUT2D eigenvalue weighted by Crippen LogP contribution is -2.43. The van der Waals surface area contributed by atoms with Gasteiger partial charge in [0.2, 0.25) is 5.95 Å². The number of benzene rings is 2. The summed E-state index contributed by atoms with van der Waals surface area (Å²) in [4.78, 5) is 21.1. The number of carbonyl (C=O) groups is 1. The molecule has 0 bridgehead atoms. The molecule has 0 saturated heterocycles. The molecule has 198 valence electrons. The van der Waals surface area contributed by atoms with Crippen molar-refractivity contribution in [2.45, 2.75) is 57.2 Å². The summed E-state index contributed by atoms with van der Waals surface area (Å²) >= 11 is 0. The van der Waals surface area contributed by atoms with Crippen LogP contribution in [0.5, 0.6) is 5.75 Å². The smallest absolute Gasteiger partial charge is 0.254 e. The predicted molar refractivity (Wildman–Crippen MR) is 151 cm³/mol. The van der Waals surface area contributed by atoms with Gasteiger partial charge in [0.05, 0.1) is 12.6 Å². The van der Waals surface area contributed by atoms with Gasteiger partial charge in [-0.15, -0.1) is 0 Å². The maximum Gasteiger partial charge on any atom is 0.254 e. The molecular weight excluding hydrogens is 478 g/mol. The van der Waals surface area contributed by atoms with Crippen LogP contribution in [0.1, 0.15) is 48.0 Å². The van der Waals surface area contributed by atoms with Crippen molar-refractivity contribution in [2.75, 3.05) is 17.7 Å². The SMILES string of the molecule is COc1ccc(CCCn2ccc3c(Nc4nc(NC5CCCC[C@@H]5N)ncc4C(N)=O)cccc32)cc1. The minimum Gasteiger partial charge on any atom is -0.497 e. The van der Waals surface area contributed by atoms with Crippen LogP contribution in [0.4, 0.5) is 17.5 Å². The third-order valence-corrected chi connectivity index (χ3v) is 7.28. The molecule has 0 radical (unpaired) electrons. The van der Waals surface area contributed by atoms with Crippen molar-refractivity contribution in [3.8, 4) is 5.75 Å². The Kier molecular flexibility index (Phi) is 7.74. The number of rotatable bonds is 10. The van der Waals surface area contributed by atoms with Gasteiger partial charge in [0.15, 0.2) is 0 Å². The second kappa shape index (κ2) is 11.5. The van der Waals surface area contributed by atoms with E-state index in [1.54, 1.807) is 7.11 Å². The minimum atomic E-state index is -0.586. The number of primary amides is 1. The number of aryl methyl sites for hydroxylation is 2. The summed E-state index contributed by atoms with van der Waals surface area (Å²) in [5.41, 5.74) is 15.4. The normalized spacial score (nSPS) is 17.3. The van der Waals surface area contributed by atoms with Crippen LogP contribution in [-0.2, 0) is 13.0 Å². The number of hydrogen-bond donors (Lipinski definition) is 4. The van der Waals surface area contributed by atoms with Crippen LogP contribution in [0, 0.1) is 0 Å². The van der Waals surface area contributed by atoms with Gasteiger partial charge in [-0.25, -0.2) is 4.98 Å². The van der Waals surface area contributed by atoms with E-state index in [4.69, 9.17) is 16.2 Å². The number of anilines is 3. The fourth-order valence-electron chi connectivity index (χ4n) is 5.13. The van der Waals surface area contributed by atoms with E-state index in [1.807, 2.05) is 24.3 Å². The average Bonchev–Trinajstić information content (AvgIpc) is 3.34. The molecule has 38 heavy (non-hydrogen) atoms. The van der Waals surface area contributed by atoms with Crippen molar-refractivity contribution >= 4 is 34.3 Å². The lowest BCUT2D eigenvalue weighted by molar-refractivity contribution is 0.100. The van der Waals surface area contributed by atoms with Gasteiger partial charge >= 0.3 is 0 Å². The van der Waals surface area contributed by atoms with Gasteiger partial charge < -0.3 is 31.4 Å². The van der Waals surface area contributed by atoms with Gasteiger partial charge in [-0.1, -0.05) is 31.0 Å². The van der Waals surface area contributed by atoms with Gasteiger partial charge in [-0.3, -0.25) is 4.79 Å². The van der Waals surface area contributed by atoms with Gasteiger partial charge in [0.25, 0.3) is 5.91 Å². The van der Waals surface area contributed by atoms with Crippen LogP contribution in [0.25, 0.3) is 10.9 Å². The first-order valence-corrected chi connectivity index (χ1v) is 13.2. The predicted octanol–water partition coefficient (Wildman–Crippen LogP) is 4.60. The number of amides is 1.